The maximum Gasteiger partial charge on any atom is 0.266 e. The van der Waals surface area contributed by atoms with Crippen molar-refractivity contribution in [1.29, 1.82) is 0 Å². The fourth-order valence-electron chi connectivity index (χ4n) is 2.69. The van der Waals surface area contributed by atoms with Crippen molar-refractivity contribution >= 4 is 21.5 Å². The zero-order chi connectivity index (χ0) is 21.0. The van der Waals surface area contributed by atoms with Crippen LogP contribution in [-0.2, 0) is 16.6 Å². The molecule has 0 aliphatic carbocycles. The third-order valence-corrected chi connectivity index (χ3v) is 5.95. The number of sulfonamides is 1. The lowest BCUT2D eigenvalue weighted by molar-refractivity contribution is 0.100. The number of anilines is 1. The maximum absolute atomic E-state index is 14.6. The number of Topliss-reactive ketones (excluding diaryl/α,β-unsaturated/α-hetero) is 1. The van der Waals surface area contributed by atoms with Crippen molar-refractivity contribution in [3.8, 4) is 0 Å². The van der Waals surface area contributed by atoms with Gasteiger partial charge in [-0.3, -0.25) is 14.1 Å². The number of hydrogen-bond acceptors (Lipinski definition) is 5. The van der Waals surface area contributed by atoms with E-state index >= 15 is 0 Å². The zero-order valence-electron chi connectivity index (χ0n) is 15.1. The Balaban J connectivity index is 2.07. The van der Waals surface area contributed by atoms with E-state index < -0.39 is 34.0 Å². The predicted octanol–water partition coefficient (Wildman–Crippen LogP) is 2.90. The fraction of sp³-hybridized carbons (Fsp3) is 0.100. The minimum absolute atomic E-state index is 0.00954. The minimum atomic E-state index is -4.17. The van der Waals surface area contributed by atoms with Crippen LogP contribution < -0.4 is 10.0 Å². The van der Waals surface area contributed by atoms with Gasteiger partial charge >= 0.3 is 0 Å². The molecule has 6 nitrogen and oxygen atoms in total. The number of carbonyl (C=O) groups excluding carboxylic acids is 1. The second-order valence-corrected chi connectivity index (χ2v) is 7.98. The van der Waals surface area contributed by atoms with Gasteiger partial charge in [-0.15, -0.1) is 0 Å². The molecule has 2 aromatic carbocycles. The van der Waals surface area contributed by atoms with Gasteiger partial charge < -0.3 is 5.73 Å². The SMILES string of the molecule is NCC(=O)c1ccc(CN(c2cccc(F)c2)S(=O)(=O)c2cccnc2)c(F)c1. The first kappa shape index (κ1) is 20.6. The van der Waals surface area contributed by atoms with E-state index in [1.165, 1.54) is 48.7 Å². The molecule has 150 valence electrons. The van der Waals surface area contributed by atoms with Gasteiger partial charge in [0.25, 0.3) is 10.0 Å². The van der Waals surface area contributed by atoms with Crippen LogP contribution in [0.1, 0.15) is 15.9 Å². The first-order valence-corrected chi connectivity index (χ1v) is 9.97. The quantitative estimate of drug-likeness (QED) is 0.597. The lowest BCUT2D eigenvalue weighted by Gasteiger charge is -2.25. The van der Waals surface area contributed by atoms with Crippen molar-refractivity contribution in [3.05, 3.63) is 89.8 Å². The average molecular weight is 417 g/mol. The Kier molecular flexibility index (Phi) is 6.00. The van der Waals surface area contributed by atoms with Crippen LogP contribution in [0.4, 0.5) is 14.5 Å². The van der Waals surface area contributed by atoms with Gasteiger partial charge in [-0.25, -0.2) is 17.2 Å². The highest BCUT2D eigenvalue weighted by molar-refractivity contribution is 7.92. The van der Waals surface area contributed by atoms with Gasteiger partial charge in [0.05, 0.1) is 18.8 Å². The molecule has 0 radical (unpaired) electrons. The predicted molar refractivity (Wildman–Crippen MR) is 104 cm³/mol. The molecule has 0 spiro atoms. The van der Waals surface area contributed by atoms with Gasteiger partial charge in [-0.1, -0.05) is 18.2 Å². The van der Waals surface area contributed by atoms with E-state index in [9.17, 15) is 22.0 Å². The molecule has 0 amide bonds. The third-order valence-electron chi connectivity index (χ3n) is 4.19. The molecule has 0 aliphatic rings. The molecule has 0 aliphatic heterocycles. The molecule has 1 aromatic heterocycles. The normalized spacial score (nSPS) is 11.3. The summed E-state index contributed by atoms with van der Waals surface area (Å²) in [6.45, 7) is -0.687. The second-order valence-electron chi connectivity index (χ2n) is 6.11. The number of nitrogens with zero attached hydrogens (tertiary/aromatic N) is 2. The summed E-state index contributed by atoms with van der Waals surface area (Å²) in [5.74, 6) is -1.86. The largest absolute Gasteiger partial charge is 0.324 e. The number of aromatic nitrogens is 1. The van der Waals surface area contributed by atoms with Crippen LogP contribution >= 0.6 is 0 Å². The van der Waals surface area contributed by atoms with E-state index in [4.69, 9.17) is 5.73 Å². The highest BCUT2D eigenvalue weighted by Gasteiger charge is 2.27. The number of benzene rings is 2. The molecule has 9 heteroatoms. The number of rotatable bonds is 7. The standard InChI is InChI=1S/C20H17F2N3O3S/c21-16-3-1-4-17(10-16)25(29(27,28)18-5-2-8-24-12-18)13-15-7-6-14(9-19(15)22)20(26)11-23/h1-10,12H,11,13,23H2. The summed E-state index contributed by atoms with van der Waals surface area (Å²) in [6.07, 6.45) is 2.57. The molecule has 2 N–H and O–H groups in total. The van der Waals surface area contributed by atoms with Crippen molar-refractivity contribution in [3.63, 3.8) is 0 Å². The van der Waals surface area contributed by atoms with Gasteiger partial charge in [0.2, 0.25) is 0 Å². The van der Waals surface area contributed by atoms with Crippen LogP contribution in [0.15, 0.2) is 71.9 Å². The number of hydrogen-bond donors (Lipinski definition) is 1. The Hall–Kier alpha value is -3.17. The molecular formula is C20H17F2N3O3S. The Morgan fingerprint density at radius 1 is 1.07 bits per heavy atom. The van der Waals surface area contributed by atoms with Crippen molar-refractivity contribution < 1.29 is 22.0 Å². The lowest BCUT2D eigenvalue weighted by Crippen LogP contribution is -2.31. The van der Waals surface area contributed by atoms with Gasteiger partial charge in [0.15, 0.2) is 5.78 Å². The van der Waals surface area contributed by atoms with E-state index in [0.29, 0.717) is 0 Å². The van der Waals surface area contributed by atoms with E-state index in [1.54, 1.807) is 0 Å². The van der Waals surface area contributed by atoms with Crippen molar-refractivity contribution in [1.82, 2.24) is 4.98 Å². The minimum Gasteiger partial charge on any atom is -0.324 e. The van der Waals surface area contributed by atoms with Crippen LogP contribution in [-0.4, -0.2) is 25.7 Å². The van der Waals surface area contributed by atoms with Gasteiger partial charge in [-0.2, -0.15) is 0 Å². The van der Waals surface area contributed by atoms with Crippen LogP contribution in [0.25, 0.3) is 0 Å². The molecular weight excluding hydrogens is 400 g/mol. The summed E-state index contributed by atoms with van der Waals surface area (Å²) >= 11 is 0. The molecule has 0 saturated heterocycles. The molecule has 0 unspecified atom stereocenters. The van der Waals surface area contributed by atoms with E-state index in [-0.39, 0.29) is 28.3 Å². The van der Waals surface area contributed by atoms with Crippen molar-refractivity contribution in [2.24, 2.45) is 5.73 Å². The van der Waals surface area contributed by atoms with Crippen molar-refractivity contribution in [2.45, 2.75) is 11.4 Å². The van der Waals surface area contributed by atoms with E-state index in [1.807, 2.05) is 0 Å². The lowest BCUT2D eigenvalue weighted by atomic mass is 10.1. The summed E-state index contributed by atoms with van der Waals surface area (Å²) in [5.41, 5.74) is 5.40. The molecule has 0 atom stereocenters. The number of ketones is 1. The zero-order valence-corrected chi connectivity index (χ0v) is 15.9. The van der Waals surface area contributed by atoms with E-state index in [0.717, 1.165) is 22.6 Å². The molecule has 29 heavy (non-hydrogen) atoms. The highest BCUT2D eigenvalue weighted by atomic mass is 32.2. The molecule has 0 fully saturated rings. The Labute approximate surface area is 166 Å². The smallest absolute Gasteiger partial charge is 0.266 e. The van der Waals surface area contributed by atoms with Crippen molar-refractivity contribution in [2.75, 3.05) is 10.8 Å². The van der Waals surface area contributed by atoms with Crippen LogP contribution in [0.5, 0.6) is 0 Å². The summed E-state index contributed by atoms with van der Waals surface area (Å²) in [6, 6.07) is 11.4. The Morgan fingerprint density at radius 3 is 2.48 bits per heavy atom. The van der Waals surface area contributed by atoms with Crippen LogP contribution in [0.2, 0.25) is 0 Å². The number of pyridine rings is 1. The summed E-state index contributed by atoms with van der Waals surface area (Å²) in [7, 11) is -4.17. The number of halogens is 2. The Bertz CT molecular complexity index is 1140. The highest BCUT2D eigenvalue weighted by Crippen LogP contribution is 2.27. The summed E-state index contributed by atoms with van der Waals surface area (Å²) in [4.78, 5) is 15.3. The fourth-order valence-corrected chi connectivity index (χ4v) is 4.09. The molecule has 3 aromatic rings. The van der Waals surface area contributed by atoms with Gasteiger partial charge in [0.1, 0.15) is 16.5 Å². The first-order valence-electron chi connectivity index (χ1n) is 8.53. The van der Waals surface area contributed by atoms with E-state index in [2.05, 4.69) is 4.98 Å². The van der Waals surface area contributed by atoms with Gasteiger partial charge in [0, 0.05) is 23.5 Å². The number of carbonyl (C=O) groups is 1. The molecule has 1 heterocycles. The van der Waals surface area contributed by atoms with Crippen LogP contribution in [0.3, 0.4) is 0 Å². The number of nitrogens with two attached hydrogens (primary N) is 1. The Morgan fingerprint density at radius 2 is 1.86 bits per heavy atom. The molecule has 0 saturated carbocycles. The summed E-state index contributed by atoms with van der Waals surface area (Å²) < 4.78 is 55.5. The maximum atomic E-state index is 14.6. The molecule has 0 bridgehead atoms. The molecule has 3 rings (SSSR count). The average Bonchev–Trinajstić information content (AvgIpc) is 2.72. The monoisotopic (exact) mass is 417 g/mol. The first-order chi connectivity index (χ1) is 13.8. The van der Waals surface area contributed by atoms with Gasteiger partial charge in [-0.05, 0) is 36.4 Å². The summed E-state index contributed by atoms with van der Waals surface area (Å²) in [5, 5.41) is 0. The second kappa shape index (κ2) is 8.46. The van der Waals surface area contributed by atoms with Crippen LogP contribution in [0, 0.1) is 11.6 Å². The topological polar surface area (TPSA) is 93.4 Å². The third kappa shape index (κ3) is 4.47.